The van der Waals surface area contributed by atoms with Crippen molar-refractivity contribution in [2.24, 2.45) is 0 Å². The molecule has 0 aromatic carbocycles. The molecule has 1 fully saturated rings. The molecule has 1 saturated heterocycles. The van der Waals surface area contributed by atoms with Crippen LogP contribution in [0.2, 0.25) is 0 Å². The summed E-state index contributed by atoms with van der Waals surface area (Å²) in [5, 5.41) is 0. The van der Waals surface area contributed by atoms with Crippen molar-refractivity contribution in [3.63, 3.8) is 0 Å². The monoisotopic (exact) mass is 243 g/mol. The second kappa shape index (κ2) is 3.27. The first-order valence-corrected chi connectivity index (χ1v) is 5.02. The Balaban J connectivity index is 2.23. The molecule has 0 N–H and O–H groups in total. The number of thioether (sulfide) groups is 1. The highest BCUT2D eigenvalue weighted by atomic mass is 127. The Kier molecular flexibility index (Phi) is 2.92. The van der Waals surface area contributed by atoms with Crippen LogP contribution in [0, 0.1) is 0 Å². The van der Waals surface area contributed by atoms with Gasteiger partial charge in [0.2, 0.25) is 0 Å². The van der Waals surface area contributed by atoms with Crippen LogP contribution in [-0.2, 0) is 0 Å². The molecular weight excluding hydrogens is 233 g/mol. The average molecular weight is 243 g/mol. The molecular formula is C5H10INS. The molecule has 0 radical (unpaired) electrons. The summed E-state index contributed by atoms with van der Waals surface area (Å²) >= 11 is 4.56. The third-order valence-corrected chi connectivity index (χ3v) is 3.63. The number of alkyl halides is 1. The Bertz CT molecular complexity index is 70.8. The van der Waals surface area contributed by atoms with Gasteiger partial charge < -0.3 is 4.90 Å². The predicted octanol–water partition coefficient (Wildman–Crippen LogP) is 1.43. The van der Waals surface area contributed by atoms with E-state index < -0.39 is 0 Å². The van der Waals surface area contributed by atoms with Crippen LogP contribution in [0.15, 0.2) is 0 Å². The van der Waals surface area contributed by atoms with E-state index in [0.717, 1.165) is 3.26 Å². The molecule has 0 aromatic rings. The van der Waals surface area contributed by atoms with Crippen molar-refractivity contribution in [2.45, 2.75) is 3.26 Å². The molecule has 0 spiro atoms. The molecule has 48 valence electrons. The normalized spacial score (nSPS) is 33.0. The van der Waals surface area contributed by atoms with Crippen molar-refractivity contribution in [2.75, 3.05) is 25.9 Å². The third-order valence-electron chi connectivity index (χ3n) is 1.23. The smallest absolute Gasteiger partial charge is 0.0691 e. The van der Waals surface area contributed by atoms with Crippen molar-refractivity contribution < 1.29 is 0 Å². The van der Waals surface area contributed by atoms with E-state index in [4.69, 9.17) is 0 Å². The van der Waals surface area contributed by atoms with Crippen LogP contribution in [0.4, 0.5) is 0 Å². The molecule has 3 heteroatoms. The number of halogens is 1. The van der Waals surface area contributed by atoms with Crippen LogP contribution in [0.25, 0.3) is 0 Å². The molecule has 1 unspecified atom stereocenters. The molecule has 0 aliphatic carbocycles. The molecule has 0 saturated carbocycles. The number of hydrogen-bond acceptors (Lipinski definition) is 2. The summed E-state index contributed by atoms with van der Waals surface area (Å²) in [5.41, 5.74) is 0. The van der Waals surface area contributed by atoms with Crippen LogP contribution in [0.5, 0.6) is 0 Å². The van der Waals surface area contributed by atoms with Crippen molar-refractivity contribution in [1.29, 1.82) is 0 Å². The van der Waals surface area contributed by atoms with Gasteiger partial charge in [-0.1, -0.05) is 22.6 Å². The van der Waals surface area contributed by atoms with Crippen molar-refractivity contribution >= 4 is 34.4 Å². The Morgan fingerprint density at radius 2 is 2.50 bits per heavy atom. The fraction of sp³-hybridized carbons (Fsp3) is 1.00. The highest BCUT2D eigenvalue weighted by molar-refractivity contribution is 14.1. The maximum Gasteiger partial charge on any atom is 0.0691 e. The zero-order valence-electron chi connectivity index (χ0n) is 4.93. The zero-order chi connectivity index (χ0) is 5.98. The van der Waals surface area contributed by atoms with Crippen molar-refractivity contribution in [1.82, 2.24) is 4.90 Å². The summed E-state index contributed by atoms with van der Waals surface area (Å²) in [4.78, 5) is 2.38. The average Bonchev–Trinajstić information content (AvgIpc) is 1.64. The fourth-order valence-electron chi connectivity index (χ4n) is 0.725. The minimum absolute atomic E-state index is 0.825. The van der Waals surface area contributed by atoms with Crippen LogP contribution in [0.3, 0.4) is 0 Å². The van der Waals surface area contributed by atoms with Gasteiger partial charge in [-0.05, 0) is 7.05 Å². The third kappa shape index (κ3) is 2.11. The second-order valence-corrected chi connectivity index (χ2v) is 5.70. The first-order valence-electron chi connectivity index (χ1n) is 2.73. The van der Waals surface area contributed by atoms with E-state index in [1.807, 2.05) is 0 Å². The molecule has 0 bridgehead atoms. The van der Waals surface area contributed by atoms with Crippen LogP contribution < -0.4 is 0 Å². The first kappa shape index (κ1) is 7.15. The van der Waals surface area contributed by atoms with E-state index in [2.05, 4.69) is 46.3 Å². The Labute approximate surface area is 68.3 Å². The summed E-state index contributed by atoms with van der Waals surface area (Å²) in [6.45, 7) is 2.52. The lowest BCUT2D eigenvalue weighted by Gasteiger charge is -2.25. The number of hydrogen-bond donors (Lipinski definition) is 0. The summed E-state index contributed by atoms with van der Waals surface area (Å²) in [6, 6.07) is 0. The van der Waals surface area contributed by atoms with Gasteiger partial charge in [0.25, 0.3) is 0 Å². The largest absolute Gasteiger partial charge is 0.304 e. The summed E-state index contributed by atoms with van der Waals surface area (Å²) in [5.74, 6) is 1.31. The number of rotatable bonds is 0. The van der Waals surface area contributed by atoms with E-state index in [-0.39, 0.29) is 0 Å². The maximum absolute atomic E-state index is 2.49. The quantitative estimate of drug-likeness (QED) is 0.467. The zero-order valence-corrected chi connectivity index (χ0v) is 7.91. The lowest BCUT2D eigenvalue weighted by atomic mass is 10.6. The Morgan fingerprint density at radius 3 is 2.88 bits per heavy atom. The van der Waals surface area contributed by atoms with Crippen molar-refractivity contribution in [3.05, 3.63) is 0 Å². The fourth-order valence-corrected chi connectivity index (χ4v) is 3.19. The SMILES string of the molecule is CN1CCSC(I)C1. The Hall–Kier alpha value is 1.04. The van der Waals surface area contributed by atoms with E-state index >= 15 is 0 Å². The molecule has 1 aliphatic heterocycles. The number of nitrogens with zero attached hydrogens (tertiary/aromatic N) is 1. The van der Waals surface area contributed by atoms with Crippen LogP contribution >= 0.6 is 34.4 Å². The van der Waals surface area contributed by atoms with Crippen LogP contribution in [-0.4, -0.2) is 34.0 Å². The van der Waals surface area contributed by atoms with Gasteiger partial charge in [0, 0.05) is 18.8 Å². The molecule has 1 nitrogen and oxygen atoms in total. The van der Waals surface area contributed by atoms with Gasteiger partial charge in [0.15, 0.2) is 0 Å². The molecule has 1 aliphatic rings. The topological polar surface area (TPSA) is 3.24 Å². The molecule has 1 heterocycles. The summed E-state index contributed by atoms with van der Waals surface area (Å²) < 4.78 is 0.825. The van der Waals surface area contributed by atoms with Gasteiger partial charge in [0.05, 0.1) is 3.26 Å². The summed E-state index contributed by atoms with van der Waals surface area (Å²) in [6.07, 6.45) is 0. The second-order valence-electron chi connectivity index (χ2n) is 2.04. The summed E-state index contributed by atoms with van der Waals surface area (Å²) in [7, 11) is 2.19. The Morgan fingerprint density at radius 1 is 1.75 bits per heavy atom. The maximum atomic E-state index is 2.49. The lowest BCUT2D eigenvalue weighted by Crippen LogP contribution is -2.31. The molecule has 1 rings (SSSR count). The predicted molar refractivity (Wildman–Crippen MR) is 47.8 cm³/mol. The van der Waals surface area contributed by atoms with Gasteiger partial charge in [0.1, 0.15) is 0 Å². The molecule has 0 aromatic heterocycles. The molecule has 0 amide bonds. The van der Waals surface area contributed by atoms with E-state index in [1.54, 1.807) is 0 Å². The molecule has 1 atom stereocenters. The van der Waals surface area contributed by atoms with Crippen LogP contribution in [0.1, 0.15) is 0 Å². The minimum atomic E-state index is 0.825. The first-order chi connectivity index (χ1) is 3.79. The van der Waals surface area contributed by atoms with E-state index in [1.165, 1.54) is 18.8 Å². The highest BCUT2D eigenvalue weighted by Crippen LogP contribution is 2.22. The van der Waals surface area contributed by atoms with Gasteiger partial charge >= 0.3 is 0 Å². The van der Waals surface area contributed by atoms with Gasteiger partial charge in [-0.15, -0.1) is 11.8 Å². The lowest BCUT2D eigenvalue weighted by molar-refractivity contribution is 0.368. The van der Waals surface area contributed by atoms with E-state index in [9.17, 15) is 0 Å². The van der Waals surface area contributed by atoms with E-state index in [0.29, 0.717) is 0 Å². The van der Waals surface area contributed by atoms with Gasteiger partial charge in [-0.25, -0.2) is 0 Å². The van der Waals surface area contributed by atoms with Gasteiger partial charge in [-0.2, -0.15) is 0 Å². The molecule has 8 heavy (non-hydrogen) atoms. The van der Waals surface area contributed by atoms with Crippen molar-refractivity contribution in [3.8, 4) is 0 Å². The minimum Gasteiger partial charge on any atom is -0.304 e. The standard InChI is InChI=1S/C5H10INS/c1-7-2-3-8-5(6)4-7/h5H,2-4H2,1H3. The van der Waals surface area contributed by atoms with Gasteiger partial charge in [-0.3, -0.25) is 0 Å². The highest BCUT2D eigenvalue weighted by Gasteiger charge is 2.12.